The van der Waals surface area contributed by atoms with Crippen molar-refractivity contribution in [1.82, 2.24) is 4.90 Å². The second-order valence-electron chi connectivity index (χ2n) is 5.57. The van der Waals surface area contributed by atoms with Crippen LogP contribution in [0.2, 0.25) is 0 Å². The van der Waals surface area contributed by atoms with Gasteiger partial charge in [-0.1, -0.05) is 19.8 Å². The van der Waals surface area contributed by atoms with Crippen molar-refractivity contribution in [2.24, 2.45) is 11.7 Å². The third-order valence-corrected chi connectivity index (χ3v) is 4.31. The molecule has 0 radical (unpaired) electrons. The van der Waals surface area contributed by atoms with Crippen molar-refractivity contribution in [2.75, 3.05) is 27.3 Å². The summed E-state index contributed by atoms with van der Waals surface area (Å²) in [6.45, 7) is 5.94. The number of hydrogen-bond donors (Lipinski definition) is 1. The SMILES string of the molecule is COCC(C)(CN)N(C)C1CCCCC1C. The molecule has 0 spiro atoms. The number of nitrogens with two attached hydrogens (primary N) is 1. The van der Waals surface area contributed by atoms with E-state index in [1.807, 2.05) is 0 Å². The summed E-state index contributed by atoms with van der Waals surface area (Å²) in [5.41, 5.74) is 5.90. The number of nitrogens with zero attached hydrogens (tertiary/aromatic N) is 1. The van der Waals surface area contributed by atoms with Crippen LogP contribution in [0.25, 0.3) is 0 Å². The normalized spacial score (nSPS) is 30.4. The summed E-state index contributed by atoms with van der Waals surface area (Å²) >= 11 is 0. The second kappa shape index (κ2) is 5.99. The van der Waals surface area contributed by atoms with Gasteiger partial charge in [-0.15, -0.1) is 0 Å². The molecule has 3 atom stereocenters. The molecule has 16 heavy (non-hydrogen) atoms. The number of methoxy groups -OCH3 is 1. The molecule has 0 aromatic heterocycles. The Morgan fingerprint density at radius 1 is 1.38 bits per heavy atom. The van der Waals surface area contributed by atoms with Crippen LogP contribution in [-0.4, -0.2) is 43.8 Å². The minimum atomic E-state index is -0.0228. The lowest BCUT2D eigenvalue weighted by molar-refractivity contribution is -0.00793. The first-order valence-corrected chi connectivity index (χ1v) is 6.47. The van der Waals surface area contributed by atoms with Crippen LogP contribution in [0.4, 0.5) is 0 Å². The largest absolute Gasteiger partial charge is 0.383 e. The van der Waals surface area contributed by atoms with E-state index in [1.54, 1.807) is 7.11 Å². The number of likely N-dealkylation sites (N-methyl/N-ethyl adjacent to an activating group) is 1. The van der Waals surface area contributed by atoms with Crippen molar-refractivity contribution >= 4 is 0 Å². The van der Waals surface area contributed by atoms with Gasteiger partial charge < -0.3 is 10.5 Å². The van der Waals surface area contributed by atoms with E-state index in [4.69, 9.17) is 10.5 Å². The van der Waals surface area contributed by atoms with Gasteiger partial charge in [0.25, 0.3) is 0 Å². The van der Waals surface area contributed by atoms with Crippen molar-refractivity contribution in [1.29, 1.82) is 0 Å². The van der Waals surface area contributed by atoms with Crippen LogP contribution in [0.3, 0.4) is 0 Å². The van der Waals surface area contributed by atoms with E-state index >= 15 is 0 Å². The van der Waals surface area contributed by atoms with E-state index in [0.717, 1.165) is 5.92 Å². The molecule has 96 valence electrons. The fraction of sp³-hybridized carbons (Fsp3) is 1.00. The van der Waals surface area contributed by atoms with Gasteiger partial charge in [-0.25, -0.2) is 0 Å². The topological polar surface area (TPSA) is 38.5 Å². The first kappa shape index (κ1) is 13.9. The Kier molecular flexibility index (Phi) is 5.22. The van der Waals surface area contributed by atoms with E-state index in [2.05, 4.69) is 25.8 Å². The maximum atomic E-state index is 5.92. The van der Waals surface area contributed by atoms with Crippen molar-refractivity contribution in [3.05, 3.63) is 0 Å². The van der Waals surface area contributed by atoms with E-state index in [9.17, 15) is 0 Å². The summed E-state index contributed by atoms with van der Waals surface area (Å²) in [7, 11) is 3.96. The summed E-state index contributed by atoms with van der Waals surface area (Å²) < 4.78 is 5.32. The molecular weight excluding hydrogens is 200 g/mol. The number of rotatable bonds is 5. The molecule has 3 heteroatoms. The summed E-state index contributed by atoms with van der Waals surface area (Å²) in [6, 6.07) is 0.664. The van der Waals surface area contributed by atoms with E-state index in [1.165, 1.54) is 25.7 Å². The molecular formula is C13H28N2O. The lowest BCUT2D eigenvalue weighted by atomic mass is 9.83. The summed E-state index contributed by atoms with van der Waals surface area (Å²) in [6.07, 6.45) is 5.39. The highest BCUT2D eigenvalue weighted by Crippen LogP contribution is 2.31. The van der Waals surface area contributed by atoms with Gasteiger partial charge in [-0.3, -0.25) is 4.90 Å². The molecule has 0 aromatic carbocycles. The smallest absolute Gasteiger partial charge is 0.0656 e. The van der Waals surface area contributed by atoms with Gasteiger partial charge in [0.05, 0.1) is 12.1 Å². The minimum Gasteiger partial charge on any atom is -0.383 e. The van der Waals surface area contributed by atoms with Crippen molar-refractivity contribution < 1.29 is 4.74 Å². The van der Waals surface area contributed by atoms with Gasteiger partial charge in [-0.05, 0) is 32.7 Å². The highest BCUT2D eigenvalue weighted by Gasteiger charge is 2.35. The fourth-order valence-corrected chi connectivity index (χ4v) is 2.89. The third kappa shape index (κ3) is 2.96. The molecule has 1 aliphatic carbocycles. The minimum absolute atomic E-state index is 0.0228. The van der Waals surface area contributed by atoms with E-state index < -0.39 is 0 Å². The third-order valence-electron chi connectivity index (χ3n) is 4.31. The van der Waals surface area contributed by atoms with Crippen molar-refractivity contribution in [3.63, 3.8) is 0 Å². The van der Waals surface area contributed by atoms with Gasteiger partial charge in [0.2, 0.25) is 0 Å². The van der Waals surface area contributed by atoms with Gasteiger partial charge in [0.15, 0.2) is 0 Å². The van der Waals surface area contributed by atoms with Crippen LogP contribution >= 0.6 is 0 Å². The molecule has 1 saturated carbocycles. The molecule has 2 N–H and O–H groups in total. The lowest BCUT2D eigenvalue weighted by Crippen LogP contribution is -2.58. The molecule has 0 saturated heterocycles. The summed E-state index contributed by atoms with van der Waals surface area (Å²) in [5.74, 6) is 0.779. The standard InChI is InChI=1S/C13H28N2O/c1-11-7-5-6-8-12(11)15(3)13(2,9-14)10-16-4/h11-12H,5-10,14H2,1-4H3. The van der Waals surface area contributed by atoms with Crippen LogP contribution in [0.1, 0.15) is 39.5 Å². The summed E-state index contributed by atoms with van der Waals surface area (Å²) in [5, 5.41) is 0. The van der Waals surface area contributed by atoms with Gasteiger partial charge >= 0.3 is 0 Å². The van der Waals surface area contributed by atoms with Crippen LogP contribution in [-0.2, 0) is 4.74 Å². The Morgan fingerprint density at radius 3 is 2.50 bits per heavy atom. The Hall–Kier alpha value is -0.120. The van der Waals surface area contributed by atoms with Crippen LogP contribution in [0, 0.1) is 5.92 Å². The van der Waals surface area contributed by atoms with Crippen molar-refractivity contribution in [3.8, 4) is 0 Å². The predicted octanol–water partition coefficient (Wildman–Crippen LogP) is 1.86. The maximum absolute atomic E-state index is 5.92. The molecule has 3 nitrogen and oxygen atoms in total. The Balaban J connectivity index is 2.68. The predicted molar refractivity (Wildman–Crippen MR) is 68.5 cm³/mol. The first-order valence-electron chi connectivity index (χ1n) is 6.47. The highest BCUT2D eigenvalue weighted by atomic mass is 16.5. The Bertz CT molecular complexity index is 210. The molecule has 3 unspecified atom stereocenters. The lowest BCUT2D eigenvalue weighted by Gasteiger charge is -2.46. The molecule has 0 aliphatic heterocycles. The van der Waals surface area contributed by atoms with Gasteiger partial charge in [0.1, 0.15) is 0 Å². The number of hydrogen-bond acceptors (Lipinski definition) is 3. The van der Waals surface area contributed by atoms with E-state index in [0.29, 0.717) is 19.2 Å². The molecule has 0 aromatic rings. The maximum Gasteiger partial charge on any atom is 0.0656 e. The van der Waals surface area contributed by atoms with Gasteiger partial charge in [0, 0.05) is 19.7 Å². The molecule has 1 aliphatic rings. The zero-order valence-electron chi connectivity index (χ0n) is 11.3. The van der Waals surface area contributed by atoms with Crippen molar-refractivity contribution in [2.45, 2.75) is 51.1 Å². The number of ether oxygens (including phenoxy) is 1. The average Bonchev–Trinajstić information content (AvgIpc) is 2.29. The van der Waals surface area contributed by atoms with E-state index in [-0.39, 0.29) is 5.54 Å². The monoisotopic (exact) mass is 228 g/mol. The van der Waals surface area contributed by atoms with Crippen LogP contribution in [0.15, 0.2) is 0 Å². The second-order valence-corrected chi connectivity index (χ2v) is 5.57. The fourth-order valence-electron chi connectivity index (χ4n) is 2.89. The zero-order valence-corrected chi connectivity index (χ0v) is 11.3. The Morgan fingerprint density at radius 2 is 2.00 bits per heavy atom. The molecule has 0 heterocycles. The first-order chi connectivity index (χ1) is 7.55. The molecule has 0 bridgehead atoms. The molecule has 1 rings (SSSR count). The average molecular weight is 228 g/mol. The van der Waals surface area contributed by atoms with Crippen LogP contribution < -0.4 is 5.73 Å². The quantitative estimate of drug-likeness (QED) is 0.780. The highest BCUT2D eigenvalue weighted by molar-refractivity contribution is 4.92. The van der Waals surface area contributed by atoms with Gasteiger partial charge in [-0.2, -0.15) is 0 Å². The molecule has 1 fully saturated rings. The molecule has 0 amide bonds. The zero-order chi connectivity index (χ0) is 12.2. The Labute approximate surface area is 100 Å². The van der Waals surface area contributed by atoms with Crippen LogP contribution in [0.5, 0.6) is 0 Å². The summed E-state index contributed by atoms with van der Waals surface area (Å²) in [4.78, 5) is 2.46.